The van der Waals surface area contributed by atoms with Crippen molar-refractivity contribution in [2.75, 3.05) is 19.6 Å². The molecule has 1 fully saturated rings. The lowest BCUT2D eigenvalue weighted by molar-refractivity contribution is -0.143. The number of hydrogen-bond donors (Lipinski definition) is 1. The molecule has 2 unspecified atom stereocenters. The summed E-state index contributed by atoms with van der Waals surface area (Å²) < 4.78 is 51.5. The average molecular weight is 670 g/mol. The van der Waals surface area contributed by atoms with Crippen LogP contribution < -0.4 is 9.46 Å². The number of halogens is 3. The number of fused-ring (bicyclic) bond motifs is 1. The summed E-state index contributed by atoms with van der Waals surface area (Å²) in [5.41, 5.74) is 1.91. The third kappa shape index (κ3) is 7.15. The van der Waals surface area contributed by atoms with Gasteiger partial charge in [-0.05, 0) is 81.1 Å². The minimum Gasteiger partial charge on any atom is -0.487 e. The number of thiophene rings is 1. The normalized spacial score (nSPS) is 19.5. The van der Waals surface area contributed by atoms with Crippen LogP contribution in [0.15, 0.2) is 70.9 Å². The average Bonchev–Trinajstić information content (AvgIpc) is 3.76. The fraction of sp³-hybridized carbons (Fsp3) is 0.412. The second kappa shape index (κ2) is 13.1. The van der Waals surface area contributed by atoms with Gasteiger partial charge in [0.25, 0.3) is 5.91 Å². The summed E-state index contributed by atoms with van der Waals surface area (Å²) in [4.78, 5) is 19.0. The second-order valence-corrected chi connectivity index (χ2v) is 14.7. The Morgan fingerprint density at radius 2 is 1.93 bits per heavy atom. The van der Waals surface area contributed by atoms with E-state index in [0.717, 1.165) is 52.3 Å². The number of benzene rings is 2. The molecule has 2 aliphatic heterocycles. The van der Waals surface area contributed by atoms with Gasteiger partial charge in [0.1, 0.15) is 22.7 Å². The van der Waals surface area contributed by atoms with E-state index in [4.69, 9.17) is 4.74 Å². The van der Waals surface area contributed by atoms with Crippen molar-refractivity contribution in [3.63, 3.8) is 0 Å². The van der Waals surface area contributed by atoms with Crippen LogP contribution in [0.3, 0.4) is 0 Å². The number of rotatable bonds is 9. The van der Waals surface area contributed by atoms with Crippen molar-refractivity contribution < 1.29 is 22.7 Å². The molecule has 4 heterocycles. The van der Waals surface area contributed by atoms with Gasteiger partial charge >= 0.3 is 6.18 Å². The molecule has 0 radical (unpaired) electrons. The van der Waals surface area contributed by atoms with E-state index in [2.05, 4.69) is 39.0 Å². The first-order valence-corrected chi connectivity index (χ1v) is 17.1. The maximum atomic E-state index is 13.9. The molecule has 2 aliphatic rings. The van der Waals surface area contributed by atoms with Crippen LogP contribution >= 0.6 is 23.3 Å². The first-order valence-electron chi connectivity index (χ1n) is 15.4. The van der Waals surface area contributed by atoms with Crippen LogP contribution in [0.1, 0.15) is 66.8 Å². The van der Waals surface area contributed by atoms with Gasteiger partial charge in [-0.2, -0.15) is 18.3 Å². The summed E-state index contributed by atoms with van der Waals surface area (Å²) in [6.07, 6.45) is -2.85. The van der Waals surface area contributed by atoms with Gasteiger partial charge in [0, 0.05) is 62.9 Å². The minimum atomic E-state index is -4.46. The molecule has 1 saturated heterocycles. The standard InChI is InChI=1S/C34H38F3N5O2S2/c1-5-42(24-15-16-41(21-24)20-22-9-7-6-8-10-22)32(43)23-11-12-28-25(17-23)27(19-33(2,3)44-28)39-46-31-14-13-29(45-31)26-18-30(34(35,36)37)40(4)38-26/h6-14,17-18,24,27,39H,5,15-16,19-21H2,1-4H3. The van der Waals surface area contributed by atoms with Gasteiger partial charge in [-0.15, -0.1) is 11.3 Å². The highest BCUT2D eigenvalue weighted by molar-refractivity contribution is 7.99. The SMILES string of the molecule is CCN(C(=O)c1ccc2c(c1)C(NSc1ccc(-c3cc(C(F)(F)F)n(C)n3)s1)CC(C)(C)O2)C1CCN(Cc2ccccc2)C1. The Kier molecular flexibility index (Phi) is 9.26. The molecule has 2 aromatic carbocycles. The van der Waals surface area contributed by atoms with Crippen molar-refractivity contribution in [2.24, 2.45) is 7.05 Å². The molecule has 0 saturated carbocycles. The largest absolute Gasteiger partial charge is 0.487 e. The lowest BCUT2D eigenvalue weighted by Crippen LogP contribution is -2.42. The van der Waals surface area contributed by atoms with Crippen molar-refractivity contribution in [3.05, 3.63) is 89.1 Å². The monoisotopic (exact) mass is 669 g/mol. The highest BCUT2D eigenvalue weighted by Gasteiger charge is 2.37. The first kappa shape index (κ1) is 32.6. The summed E-state index contributed by atoms with van der Waals surface area (Å²) in [7, 11) is 1.30. The summed E-state index contributed by atoms with van der Waals surface area (Å²) in [6.45, 7) is 9.41. The van der Waals surface area contributed by atoms with E-state index in [-0.39, 0.29) is 18.0 Å². The maximum absolute atomic E-state index is 13.9. The van der Waals surface area contributed by atoms with Crippen LogP contribution in [0.25, 0.3) is 10.6 Å². The van der Waals surface area contributed by atoms with E-state index < -0.39 is 17.5 Å². The van der Waals surface area contributed by atoms with Gasteiger partial charge in [-0.3, -0.25) is 19.1 Å². The fourth-order valence-electron chi connectivity index (χ4n) is 6.37. The van der Waals surface area contributed by atoms with Gasteiger partial charge in [0.15, 0.2) is 0 Å². The predicted molar refractivity (Wildman–Crippen MR) is 176 cm³/mol. The number of nitrogens with zero attached hydrogens (tertiary/aromatic N) is 4. The molecular formula is C34H38F3N5O2S2. The van der Waals surface area contributed by atoms with Crippen LogP contribution in [0.5, 0.6) is 5.75 Å². The van der Waals surface area contributed by atoms with Crippen LogP contribution in [0.2, 0.25) is 0 Å². The third-order valence-corrected chi connectivity index (χ3v) is 10.7. The Morgan fingerprint density at radius 1 is 1.15 bits per heavy atom. The van der Waals surface area contributed by atoms with Crippen molar-refractivity contribution in [2.45, 2.75) is 68.2 Å². The number of hydrogen-bond acceptors (Lipinski definition) is 7. The summed E-state index contributed by atoms with van der Waals surface area (Å²) in [6, 6.07) is 20.9. The Labute approximate surface area is 275 Å². The van der Waals surface area contributed by atoms with Gasteiger partial charge in [0.05, 0.1) is 9.09 Å². The maximum Gasteiger partial charge on any atom is 0.433 e. The van der Waals surface area contributed by atoms with Gasteiger partial charge in [-0.1, -0.05) is 30.3 Å². The summed E-state index contributed by atoms with van der Waals surface area (Å²) in [5, 5.41) is 4.08. The number of ether oxygens (including phenoxy) is 1. The predicted octanol–water partition coefficient (Wildman–Crippen LogP) is 7.80. The molecular weight excluding hydrogens is 632 g/mol. The molecule has 244 valence electrons. The molecule has 2 atom stereocenters. The number of alkyl halides is 3. The smallest absolute Gasteiger partial charge is 0.433 e. The van der Waals surface area contributed by atoms with Crippen LogP contribution in [-0.4, -0.2) is 56.8 Å². The van der Waals surface area contributed by atoms with E-state index in [1.807, 2.05) is 56.0 Å². The van der Waals surface area contributed by atoms with E-state index >= 15 is 0 Å². The zero-order valence-electron chi connectivity index (χ0n) is 26.3. The number of nitrogens with one attached hydrogen (secondary N) is 1. The molecule has 1 N–H and O–H groups in total. The number of carbonyl (C=O) groups excluding carboxylic acids is 1. The van der Waals surface area contributed by atoms with Gasteiger partial charge < -0.3 is 9.64 Å². The first-order chi connectivity index (χ1) is 21.9. The molecule has 0 spiro atoms. The van der Waals surface area contributed by atoms with Gasteiger partial charge in [0.2, 0.25) is 0 Å². The summed E-state index contributed by atoms with van der Waals surface area (Å²) >= 11 is 2.80. The van der Waals surface area contributed by atoms with Crippen LogP contribution in [-0.2, 0) is 19.8 Å². The van der Waals surface area contributed by atoms with Crippen molar-refractivity contribution in [3.8, 4) is 16.3 Å². The highest BCUT2D eigenvalue weighted by atomic mass is 32.2. The molecule has 4 aromatic rings. The summed E-state index contributed by atoms with van der Waals surface area (Å²) in [5.74, 6) is 0.758. The zero-order chi connectivity index (χ0) is 32.6. The Hall–Kier alpha value is -3.32. The lowest BCUT2D eigenvalue weighted by Gasteiger charge is -2.38. The zero-order valence-corrected chi connectivity index (χ0v) is 27.9. The Morgan fingerprint density at radius 3 is 2.65 bits per heavy atom. The Balaban J connectivity index is 1.16. The number of amides is 1. The number of likely N-dealkylation sites (tertiary alicyclic amines) is 1. The molecule has 0 bridgehead atoms. The van der Waals surface area contributed by atoms with Crippen molar-refractivity contribution in [1.82, 2.24) is 24.3 Å². The van der Waals surface area contributed by atoms with E-state index in [0.29, 0.717) is 29.1 Å². The Bertz CT molecular complexity index is 1690. The molecule has 1 amide bonds. The van der Waals surface area contributed by atoms with E-state index in [1.54, 1.807) is 6.07 Å². The van der Waals surface area contributed by atoms with E-state index in [9.17, 15) is 18.0 Å². The van der Waals surface area contributed by atoms with Crippen LogP contribution in [0, 0.1) is 0 Å². The van der Waals surface area contributed by atoms with Crippen molar-refractivity contribution >= 4 is 29.2 Å². The van der Waals surface area contributed by atoms with Crippen LogP contribution in [0.4, 0.5) is 13.2 Å². The molecule has 0 aliphatic carbocycles. The van der Waals surface area contributed by atoms with E-state index in [1.165, 1.54) is 35.9 Å². The molecule has 12 heteroatoms. The van der Waals surface area contributed by atoms with Crippen molar-refractivity contribution in [1.29, 1.82) is 0 Å². The molecule has 2 aromatic heterocycles. The van der Waals surface area contributed by atoms with Gasteiger partial charge in [-0.25, -0.2) is 0 Å². The molecule has 46 heavy (non-hydrogen) atoms. The minimum absolute atomic E-state index is 0.0181. The number of likely N-dealkylation sites (N-methyl/N-ethyl adjacent to an activating group) is 1. The topological polar surface area (TPSA) is 62.6 Å². The number of aromatic nitrogens is 2. The number of aryl methyl sites for hydroxylation is 1. The molecule has 6 rings (SSSR count). The highest BCUT2D eigenvalue weighted by Crippen LogP contribution is 2.43. The number of carbonyl (C=O) groups is 1. The second-order valence-electron chi connectivity index (χ2n) is 12.5. The fourth-order valence-corrected chi connectivity index (χ4v) is 8.25. The lowest BCUT2D eigenvalue weighted by atomic mass is 9.89. The third-order valence-electron chi connectivity index (χ3n) is 8.56. The quantitative estimate of drug-likeness (QED) is 0.184. The molecule has 7 nitrogen and oxygen atoms in total.